The van der Waals surface area contributed by atoms with Crippen molar-refractivity contribution < 1.29 is 19.5 Å². The van der Waals surface area contributed by atoms with Gasteiger partial charge < -0.3 is 20.6 Å². The molecule has 8 nitrogen and oxygen atoms in total. The third-order valence-electron chi connectivity index (χ3n) is 5.46. The van der Waals surface area contributed by atoms with Gasteiger partial charge in [0.15, 0.2) is 5.75 Å². The molecule has 0 bridgehead atoms. The van der Waals surface area contributed by atoms with E-state index in [1.54, 1.807) is 37.6 Å². The van der Waals surface area contributed by atoms with E-state index in [4.69, 9.17) is 0 Å². The maximum absolute atomic E-state index is 12.8. The van der Waals surface area contributed by atoms with Gasteiger partial charge in [-0.25, -0.2) is 0 Å². The van der Waals surface area contributed by atoms with Crippen molar-refractivity contribution in [3.8, 4) is 5.75 Å². The van der Waals surface area contributed by atoms with Gasteiger partial charge in [0.25, 0.3) is 17.7 Å². The number of hydrogen-bond donors (Lipinski definition) is 3. The van der Waals surface area contributed by atoms with E-state index in [9.17, 15) is 19.5 Å². The molecular formula is C22H24N4O4S. The SMILES string of the molecule is CN(C)C(=O)c1cccc(NC2=C(NC(c3cccs3)C3CC3)C(=O)N(C)C2=O)c1O. The van der Waals surface area contributed by atoms with Gasteiger partial charge in [-0.15, -0.1) is 11.3 Å². The number of nitrogens with one attached hydrogen (secondary N) is 2. The van der Waals surface area contributed by atoms with Crippen LogP contribution in [0.1, 0.15) is 34.1 Å². The summed E-state index contributed by atoms with van der Waals surface area (Å²) in [5.41, 5.74) is 0.503. The van der Waals surface area contributed by atoms with Crippen molar-refractivity contribution in [2.75, 3.05) is 26.5 Å². The lowest BCUT2D eigenvalue weighted by molar-refractivity contribution is -0.136. The number of hydrogen-bond acceptors (Lipinski definition) is 7. The van der Waals surface area contributed by atoms with Gasteiger partial charge in [0.2, 0.25) is 0 Å². The van der Waals surface area contributed by atoms with Crippen molar-refractivity contribution in [1.29, 1.82) is 0 Å². The second-order valence-corrected chi connectivity index (χ2v) is 8.90. The number of phenols is 1. The predicted molar refractivity (Wildman–Crippen MR) is 117 cm³/mol. The number of aromatic hydroxyl groups is 1. The summed E-state index contributed by atoms with van der Waals surface area (Å²) in [6.45, 7) is 0. The number of amides is 3. The van der Waals surface area contributed by atoms with Crippen LogP contribution >= 0.6 is 11.3 Å². The fraction of sp³-hybridized carbons (Fsp3) is 0.318. The summed E-state index contributed by atoms with van der Waals surface area (Å²) in [4.78, 5) is 41.5. The Balaban J connectivity index is 1.70. The molecule has 2 aromatic rings. The average molecular weight is 441 g/mol. The molecule has 1 aromatic carbocycles. The first kappa shape index (κ1) is 20.9. The number of imide groups is 1. The fourth-order valence-corrected chi connectivity index (χ4v) is 4.43. The van der Waals surface area contributed by atoms with E-state index < -0.39 is 11.8 Å². The van der Waals surface area contributed by atoms with Gasteiger partial charge in [0.1, 0.15) is 11.4 Å². The Kier molecular flexibility index (Phi) is 5.45. The Labute approximate surface area is 184 Å². The number of carbonyl (C=O) groups excluding carboxylic acids is 3. The highest BCUT2D eigenvalue weighted by atomic mass is 32.1. The summed E-state index contributed by atoms with van der Waals surface area (Å²) in [7, 11) is 4.59. The highest BCUT2D eigenvalue weighted by Gasteiger charge is 2.41. The third-order valence-corrected chi connectivity index (χ3v) is 6.42. The van der Waals surface area contributed by atoms with Crippen LogP contribution in [0, 0.1) is 5.92 Å². The molecule has 3 amide bonds. The molecule has 9 heteroatoms. The molecule has 1 fully saturated rings. The molecule has 1 saturated carbocycles. The quantitative estimate of drug-likeness (QED) is 0.452. The first-order valence-electron chi connectivity index (χ1n) is 9.96. The van der Waals surface area contributed by atoms with Gasteiger partial charge in [-0.3, -0.25) is 19.3 Å². The van der Waals surface area contributed by atoms with Crippen molar-refractivity contribution in [3.63, 3.8) is 0 Å². The van der Waals surface area contributed by atoms with Crippen molar-refractivity contribution in [2.45, 2.75) is 18.9 Å². The summed E-state index contributed by atoms with van der Waals surface area (Å²) >= 11 is 1.60. The van der Waals surface area contributed by atoms with Crippen LogP contribution in [0.4, 0.5) is 5.69 Å². The van der Waals surface area contributed by atoms with E-state index in [-0.39, 0.29) is 40.3 Å². The van der Waals surface area contributed by atoms with Gasteiger partial charge in [0.05, 0.1) is 17.3 Å². The molecule has 4 rings (SSSR count). The van der Waals surface area contributed by atoms with E-state index in [1.165, 1.54) is 18.0 Å². The number of carbonyl (C=O) groups is 3. The van der Waals surface area contributed by atoms with Gasteiger partial charge in [-0.05, 0) is 42.3 Å². The topological polar surface area (TPSA) is 102 Å². The summed E-state index contributed by atoms with van der Waals surface area (Å²) in [6, 6.07) is 8.58. The van der Waals surface area contributed by atoms with E-state index in [0.29, 0.717) is 5.92 Å². The van der Waals surface area contributed by atoms with E-state index in [1.807, 2.05) is 17.5 Å². The molecule has 1 unspecified atom stereocenters. The minimum atomic E-state index is -0.503. The largest absolute Gasteiger partial charge is 0.505 e. The Morgan fingerprint density at radius 3 is 2.48 bits per heavy atom. The lowest BCUT2D eigenvalue weighted by atomic mass is 10.1. The maximum Gasteiger partial charge on any atom is 0.279 e. The fourth-order valence-electron chi connectivity index (χ4n) is 3.56. The first-order chi connectivity index (χ1) is 14.8. The van der Waals surface area contributed by atoms with E-state index in [0.717, 1.165) is 22.6 Å². The molecule has 1 aliphatic carbocycles. The van der Waals surface area contributed by atoms with Gasteiger partial charge >= 0.3 is 0 Å². The second-order valence-electron chi connectivity index (χ2n) is 7.92. The number of benzene rings is 1. The molecule has 3 N–H and O–H groups in total. The van der Waals surface area contributed by atoms with Crippen LogP contribution in [0.3, 0.4) is 0 Å². The summed E-state index contributed by atoms with van der Waals surface area (Å²) in [6.07, 6.45) is 2.11. The van der Waals surface area contributed by atoms with Crippen LogP contribution in [-0.4, -0.2) is 53.8 Å². The minimum absolute atomic E-state index is 0.0551. The number of phenolic OH excluding ortho intramolecular Hbond substituents is 1. The lowest BCUT2D eigenvalue weighted by Crippen LogP contribution is -2.31. The Morgan fingerprint density at radius 2 is 1.87 bits per heavy atom. The Hall–Kier alpha value is -3.33. The molecule has 162 valence electrons. The number of thiophene rings is 1. The monoisotopic (exact) mass is 440 g/mol. The molecule has 2 heterocycles. The number of likely N-dealkylation sites (N-methyl/N-ethyl adjacent to an activating group) is 1. The maximum atomic E-state index is 12.8. The molecule has 0 radical (unpaired) electrons. The zero-order valence-electron chi connectivity index (χ0n) is 17.5. The van der Waals surface area contributed by atoms with Crippen molar-refractivity contribution in [1.82, 2.24) is 15.1 Å². The van der Waals surface area contributed by atoms with Gasteiger partial charge in [-0.1, -0.05) is 12.1 Å². The third kappa shape index (κ3) is 3.88. The molecule has 0 spiro atoms. The van der Waals surface area contributed by atoms with Crippen LogP contribution < -0.4 is 10.6 Å². The van der Waals surface area contributed by atoms with Crippen LogP contribution in [0.15, 0.2) is 47.1 Å². The number of nitrogens with zero attached hydrogens (tertiary/aromatic N) is 2. The normalized spacial score (nSPS) is 17.2. The molecule has 1 atom stereocenters. The summed E-state index contributed by atoms with van der Waals surface area (Å²) in [5.74, 6) is -1.19. The van der Waals surface area contributed by atoms with Crippen LogP contribution in [-0.2, 0) is 9.59 Å². The Bertz CT molecular complexity index is 1070. The van der Waals surface area contributed by atoms with Crippen LogP contribution in [0.5, 0.6) is 5.75 Å². The van der Waals surface area contributed by atoms with Crippen LogP contribution in [0.2, 0.25) is 0 Å². The standard InChI is InChI=1S/C22H24N4O4S/c1-25(2)20(28)13-6-4-7-14(19(13)27)23-17-18(22(30)26(3)21(17)29)24-16(12-9-10-12)15-8-5-11-31-15/h4-8,11-12,16,23-24,27H,9-10H2,1-3H3. The highest BCUT2D eigenvalue weighted by molar-refractivity contribution is 7.10. The first-order valence-corrected chi connectivity index (χ1v) is 10.8. The number of rotatable bonds is 7. The van der Waals surface area contributed by atoms with Gasteiger partial charge in [-0.2, -0.15) is 0 Å². The van der Waals surface area contributed by atoms with Crippen molar-refractivity contribution >= 4 is 34.7 Å². The number of anilines is 1. The lowest BCUT2D eigenvalue weighted by Gasteiger charge is -2.19. The average Bonchev–Trinajstić information content (AvgIpc) is 3.40. The molecule has 1 aromatic heterocycles. The van der Waals surface area contributed by atoms with E-state index >= 15 is 0 Å². The molecule has 0 saturated heterocycles. The molecular weight excluding hydrogens is 416 g/mol. The highest BCUT2D eigenvalue weighted by Crippen LogP contribution is 2.43. The van der Waals surface area contributed by atoms with Crippen LogP contribution in [0.25, 0.3) is 0 Å². The molecule has 2 aliphatic rings. The molecule has 1 aliphatic heterocycles. The zero-order chi connectivity index (χ0) is 22.3. The van der Waals surface area contributed by atoms with Crippen molar-refractivity contribution in [3.05, 3.63) is 57.5 Å². The smallest absolute Gasteiger partial charge is 0.279 e. The zero-order valence-corrected chi connectivity index (χ0v) is 18.3. The second kappa shape index (κ2) is 8.07. The van der Waals surface area contributed by atoms with Crippen molar-refractivity contribution in [2.24, 2.45) is 5.92 Å². The summed E-state index contributed by atoms with van der Waals surface area (Å²) < 4.78 is 0. The number of para-hydroxylation sites is 1. The Morgan fingerprint density at radius 1 is 1.16 bits per heavy atom. The van der Waals surface area contributed by atoms with Gasteiger partial charge in [0, 0.05) is 26.0 Å². The van der Waals surface area contributed by atoms with E-state index in [2.05, 4.69) is 10.6 Å². The molecule has 31 heavy (non-hydrogen) atoms. The summed E-state index contributed by atoms with van der Waals surface area (Å²) in [5, 5.41) is 18.8. The minimum Gasteiger partial charge on any atom is -0.505 e. The predicted octanol–water partition coefficient (Wildman–Crippen LogP) is 2.52.